The zero-order valence-corrected chi connectivity index (χ0v) is 13.7. The van der Waals surface area contributed by atoms with Gasteiger partial charge in [0, 0.05) is 23.6 Å². The molecule has 2 nitrogen and oxygen atoms in total. The van der Waals surface area contributed by atoms with Gasteiger partial charge in [0.1, 0.15) is 5.82 Å². The Morgan fingerprint density at radius 2 is 1.90 bits per heavy atom. The molecule has 0 radical (unpaired) electrons. The van der Waals surface area contributed by atoms with Crippen LogP contribution in [0.15, 0.2) is 53.0 Å². The summed E-state index contributed by atoms with van der Waals surface area (Å²) in [4.78, 5) is 2.17. The van der Waals surface area contributed by atoms with Crippen molar-refractivity contribution in [2.45, 2.75) is 12.5 Å². The van der Waals surface area contributed by atoms with Gasteiger partial charge in [0.2, 0.25) is 0 Å². The fraction of sp³-hybridized carbons (Fsp3) is 0.294. The van der Waals surface area contributed by atoms with Crippen LogP contribution in [0.2, 0.25) is 0 Å². The molecular formula is C17H20BrFN2. The highest BCUT2D eigenvalue weighted by Crippen LogP contribution is 2.27. The van der Waals surface area contributed by atoms with Gasteiger partial charge in [-0.2, -0.15) is 0 Å². The average molecular weight is 351 g/mol. The normalized spacial score (nSPS) is 12.6. The molecule has 0 aliphatic carbocycles. The molecule has 2 rings (SSSR count). The van der Waals surface area contributed by atoms with Gasteiger partial charge in [0.05, 0.1) is 0 Å². The van der Waals surface area contributed by atoms with Crippen molar-refractivity contribution in [3.8, 4) is 0 Å². The van der Waals surface area contributed by atoms with Crippen molar-refractivity contribution in [2.24, 2.45) is 5.73 Å². The summed E-state index contributed by atoms with van der Waals surface area (Å²) < 4.78 is 14.4. The molecule has 0 aliphatic rings. The van der Waals surface area contributed by atoms with Gasteiger partial charge in [0.15, 0.2) is 0 Å². The Morgan fingerprint density at radius 3 is 2.57 bits per heavy atom. The maximum absolute atomic E-state index is 13.5. The number of hydrogen-bond acceptors (Lipinski definition) is 2. The minimum atomic E-state index is -0.233. The molecule has 0 bridgehead atoms. The summed E-state index contributed by atoms with van der Waals surface area (Å²) in [6.07, 6.45) is 0.945. The lowest BCUT2D eigenvalue weighted by atomic mass is 10.0. The molecule has 112 valence electrons. The predicted molar refractivity (Wildman–Crippen MR) is 88.7 cm³/mol. The van der Waals surface area contributed by atoms with Crippen LogP contribution in [0.1, 0.15) is 17.2 Å². The van der Waals surface area contributed by atoms with Gasteiger partial charge in [-0.05, 0) is 42.8 Å². The third-order valence-electron chi connectivity index (χ3n) is 3.67. The fourth-order valence-electron chi connectivity index (χ4n) is 2.42. The van der Waals surface area contributed by atoms with Crippen molar-refractivity contribution in [1.29, 1.82) is 0 Å². The Hall–Kier alpha value is -1.23. The van der Waals surface area contributed by atoms with Crippen LogP contribution in [-0.2, 0) is 6.42 Å². The van der Waals surface area contributed by atoms with Crippen molar-refractivity contribution in [1.82, 2.24) is 4.90 Å². The summed E-state index contributed by atoms with van der Waals surface area (Å²) >= 11 is 3.49. The second kappa shape index (κ2) is 7.69. The third-order valence-corrected chi connectivity index (χ3v) is 4.39. The summed E-state index contributed by atoms with van der Waals surface area (Å²) in [5.74, 6) is -0.233. The average Bonchev–Trinajstić information content (AvgIpc) is 2.50. The quantitative estimate of drug-likeness (QED) is 0.859. The Morgan fingerprint density at radius 1 is 1.19 bits per heavy atom. The first-order chi connectivity index (χ1) is 10.1. The van der Waals surface area contributed by atoms with E-state index in [-0.39, 0.29) is 11.9 Å². The highest BCUT2D eigenvalue weighted by Gasteiger charge is 2.18. The summed E-state index contributed by atoms with van der Waals surface area (Å²) in [5.41, 5.74) is 8.10. The standard InChI is InChI=1S/C17H20BrFN2/c1-21(10-9-13-5-3-2-4-6-13)17(12-20)15-11-14(19)7-8-16(15)18/h2-8,11,17H,9-10,12,20H2,1H3. The Balaban J connectivity index is 2.08. The molecule has 0 saturated carbocycles. The minimum Gasteiger partial charge on any atom is -0.329 e. The van der Waals surface area contributed by atoms with Crippen LogP contribution in [0.25, 0.3) is 0 Å². The SMILES string of the molecule is CN(CCc1ccccc1)C(CN)c1cc(F)ccc1Br. The first kappa shape index (κ1) is 16.1. The molecule has 1 unspecified atom stereocenters. The van der Waals surface area contributed by atoms with Crippen LogP contribution in [0.5, 0.6) is 0 Å². The van der Waals surface area contributed by atoms with Gasteiger partial charge in [-0.15, -0.1) is 0 Å². The van der Waals surface area contributed by atoms with E-state index in [1.807, 2.05) is 25.2 Å². The van der Waals surface area contributed by atoms with Crippen LogP contribution in [0.3, 0.4) is 0 Å². The van der Waals surface area contributed by atoms with Crippen LogP contribution in [-0.4, -0.2) is 25.0 Å². The van der Waals surface area contributed by atoms with E-state index in [0.717, 1.165) is 23.0 Å². The maximum Gasteiger partial charge on any atom is 0.123 e. The second-order valence-electron chi connectivity index (χ2n) is 5.13. The highest BCUT2D eigenvalue weighted by atomic mass is 79.9. The van der Waals surface area contributed by atoms with Gasteiger partial charge in [-0.1, -0.05) is 46.3 Å². The van der Waals surface area contributed by atoms with E-state index in [9.17, 15) is 4.39 Å². The van der Waals surface area contributed by atoms with E-state index in [1.165, 1.54) is 11.6 Å². The molecule has 0 amide bonds. The molecule has 0 spiro atoms. The molecule has 0 aliphatic heterocycles. The smallest absolute Gasteiger partial charge is 0.123 e. The summed E-state index contributed by atoms with van der Waals surface area (Å²) in [6, 6.07) is 15.1. The lowest BCUT2D eigenvalue weighted by molar-refractivity contribution is 0.252. The van der Waals surface area contributed by atoms with Crippen molar-refractivity contribution >= 4 is 15.9 Å². The van der Waals surface area contributed by atoms with Gasteiger partial charge in [-0.3, -0.25) is 4.90 Å². The number of benzene rings is 2. The Bertz CT molecular complexity index is 574. The molecular weight excluding hydrogens is 331 g/mol. The molecule has 2 N–H and O–H groups in total. The van der Waals surface area contributed by atoms with E-state index < -0.39 is 0 Å². The molecule has 4 heteroatoms. The monoisotopic (exact) mass is 350 g/mol. The zero-order chi connectivity index (χ0) is 15.2. The zero-order valence-electron chi connectivity index (χ0n) is 12.1. The molecule has 0 saturated heterocycles. The van der Waals surface area contributed by atoms with E-state index in [0.29, 0.717) is 6.54 Å². The molecule has 21 heavy (non-hydrogen) atoms. The lowest BCUT2D eigenvalue weighted by Crippen LogP contribution is -2.32. The van der Waals surface area contributed by atoms with Gasteiger partial charge in [0.25, 0.3) is 0 Å². The molecule has 0 aromatic heterocycles. The Labute approximate surface area is 133 Å². The number of nitrogens with zero attached hydrogens (tertiary/aromatic N) is 1. The van der Waals surface area contributed by atoms with Gasteiger partial charge in [-0.25, -0.2) is 4.39 Å². The summed E-state index contributed by atoms with van der Waals surface area (Å²) in [6.45, 7) is 1.32. The fourth-order valence-corrected chi connectivity index (χ4v) is 2.93. The summed E-state index contributed by atoms with van der Waals surface area (Å²) in [5, 5.41) is 0. The molecule has 0 heterocycles. The predicted octanol–water partition coefficient (Wildman–Crippen LogP) is 3.76. The van der Waals surface area contributed by atoms with Crippen molar-refractivity contribution in [2.75, 3.05) is 20.1 Å². The molecule has 2 aromatic carbocycles. The van der Waals surface area contributed by atoms with Crippen LogP contribution in [0, 0.1) is 5.82 Å². The van der Waals surface area contributed by atoms with E-state index in [2.05, 4.69) is 33.0 Å². The summed E-state index contributed by atoms with van der Waals surface area (Å²) in [7, 11) is 2.03. The first-order valence-electron chi connectivity index (χ1n) is 7.01. The van der Waals surface area contributed by atoms with Gasteiger partial charge >= 0.3 is 0 Å². The van der Waals surface area contributed by atoms with Crippen molar-refractivity contribution < 1.29 is 4.39 Å². The maximum atomic E-state index is 13.5. The van der Waals surface area contributed by atoms with Crippen LogP contribution in [0.4, 0.5) is 4.39 Å². The van der Waals surface area contributed by atoms with Crippen LogP contribution < -0.4 is 5.73 Å². The molecule has 2 aromatic rings. The van der Waals surface area contributed by atoms with E-state index >= 15 is 0 Å². The molecule has 0 fully saturated rings. The highest BCUT2D eigenvalue weighted by molar-refractivity contribution is 9.10. The molecule has 1 atom stereocenters. The topological polar surface area (TPSA) is 29.3 Å². The van der Waals surface area contributed by atoms with Crippen LogP contribution >= 0.6 is 15.9 Å². The Kier molecular flexibility index (Phi) is 5.91. The van der Waals surface area contributed by atoms with Gasteiger partial charge < -0.3 is 5.73 Å². The number of nitrogens with two attached hydrogens (primary N) is 1. The second-order valence-corrected chi connectivity index (χ2v) is 5.99. The first-order valence-corrected chi connectivity index (χ1v) is 7.80. The number of hydrogen-bond donors (Lipinski definition) is 1. The van der Waals surface area contributed by atoms with Crippen molar-refractivity contribution in [3.05, 3.63) is 69.9 Å². The van der Waals surface area contributed by atoms with E-state index in [4.69, 9.17) is 5.73 Å². The van der Waals surface area contributed by atoms with Crippen molar-refractivity contribution in [3.63, 3.8) is 0 Å². The number of rotatable bonds is 6. The third kappa shape index (κ3) is 4.37. The largest absolute Gasteiger partial charge is 0.329 e. The lowest BCUT2D eigenvalue weighted by Gasteiger charge is -2.28. The number of halogens is 2. The van der Waals surface area contributed by atoms with E-state index in [1.54, 1.807) is 12.1 Å². The minimum absolute atomic E-state index is 0.00112. The number of likely N-dealkylation sites (N-methyl/N-ethyl adjacent to an activating group) is 1.